The van der Waals surface area contributed by atoms with Crippen molar-refractivity contribution in [2.75, 3.05) is 26.7 Å². The topological polar surface area (TPSA) is 24.5 Å². The molecule has 0 spiro atoms. The lowest BCUT2D eigenvalue weighted by molar-refractivity contribution is -0.0634. The molecule has 116 valence electrons. The molecular formula is C16H22F2N2O. The van der Waals surface area contributed by atoms with Gasteiger partial charge in [-0.1, -0.05) is 0 Å². The van der Waals surface area contributed by atoms with E-state index in [9.17, 15) is 8.78 Å². The molecular weight excluding hydrogens is 274 g/mol. The van der Waals surface area contributed by atoms with E-state index in [4.69, 9.17) is 4.74 Å². The van der Waals surface area contributed by atoms with Crippen molar-refractivity contribution >= 4 is 0 Å². The molecule has 1 aromatic carbocycles. The van der Waals surface area contributed by atoms with Gasteiger partial charge < -0.3 is 10.1 Å². The van der Waals surface area contributed by atoms with Gasteiger partial charge in [0.05, 0.1) is 12.7 Å². The van der Waals surface area contributed by atoms with Crippen LogP contribution in [0.4, 0.5) is 8.78 Å². The Morgan fingerprint density at radius 3 is 3.10 bits per heavy atom. The molecule has 3 rings (SSSR count). The van der Waals surface area contributed by atoms with Crippen LogP contribution >= 0.6 is 0 Å². The third-order valence-corrected chi connectivity index (χ3v) is 4.68. The van der Waals surface area contributed by atoms with Crippen molar-refractivity contribution in [3.05, 3.63) is 35.4 Å². The van der Waals surface area contributed by atoms with Crippen LogP contribution in [0.15, 0.2) is 18.2 Å². The zero-order chi connectivity index (χ0) is 14.8. The Morgan fingerprint density at radius 1 is 1.43 bits per heavy atom. The molecule has 0 aromatic heterocycles. The average molecular weight is 296 g/mol. The molecule has 5 heteroatoms. The molecule has 2 fully saturated rings. The summed E-state index contributed by atoms with van der Waals surface area (Å²) in [6, 6.07) is 4.16. The van der Waals surface area contributed by atoms with Crippen molar-refractivity contribution in [1.82, 2.24) is 10.2 Å². The van der Waals surface area contributed by atoms with E-state index in [1.165, 1.54) is 25.0 Å². The number of nitrogens with zero attached hydrogens (tertiary/aromatic N) is 1. The van der Waals surface area contributed by atoms with E-state index in [1.807, 2.05) is 7.05 Å². The second kappa shape index (κ2) is 6.38. The predicted molar refractivity (Wildman–Crippen MR) is 77.2 cm³/mol. The average Bonchev–Trinajstić information content (AvgIpc) is 2.95. The Balaban J connectivity index is 1.68. The first-order valence-electron chi connectivity index (χ1n) is 7.64. The molecule has 0 amide bonds. The lowest BCUT2D eigenvalue weighted by Gasteiger charge is -2.39. The van der Waals surface area contributed by atoms with E-state index < -0.39 is 5.82 Å². The number of benzene rings is 1. The summed E-state index contributed by atoms with van der Waals surface area (Å²) in [5.41, 5.74) is 0.404. The highest BCUT2D eigenvalue weighted by Crippen LogP contribution is 2.25. The highest BCUT2D eigenvalue weighted by Gasteiger charge is 2.35. The van der Waals surface area contributed by atoms with Gasteiger partial charge in [-0.25, -0.2) is 8.78 Å². The number of likely N-dealkylation sites (N-methyl/N-ethyl adjacent to an activating group) is 1. The van der Waals surface area contributed by atoms with Gasteiger partial charge in [0.15, 0.2) is 0 Å². The Bertz CT molecular complexity index is 497. The summed E-state index contributed by atoms with van der Waals surface area (Å²) in [6.07, 6.45) is 2.88. The van der Waals surface area contributed by atoms with E-state index in [-0.39, 0.29) is 18.0 Å². The quantitative estimate of drug-likeness (QED) is 0.919. The van der Waals surface area contributed by atoms with Crippen LogP contribution in [0, 0.1) is 11.6 Å². The zero-order valence-corrected chi connectivity index (χ0v) is 12.3. The van der Waals surface area contributed by atoms with E-state index in [0.29, 0.717) is 18.0 Å². The predicted octanol–water partition coefficient (Wildman–Crippen LogP) is 1.96. The molecule has 2 saturated heterocycles. The lowest BCUT2D eigenvalue weighted by atomic mass is 9.99. The highest BCUT2D eigenvalue weighted by molar-refractivity contribution is 5.20. The first-order chi connectivity index (χ1) is 10.2. The fraction of sp³-hybridized carbons (Fsp3) is 0.625. The number of rotatable bonds is 4. The van der Waals surface area contributed by atoms with Crippen molar-refractivity contribution in [2.45, 2.75) is 37.5 Å². The maximum atomic E-state index is 13.8. The van der Waals surface area contributed by atoms with Crippen molar-refractivity contribution in [3.8, 4) is 0 Å². The summed E-state index contributed by atoms with van der Waals surface area (Å²) in [7, 11) is 1.85. The van der Waals surface area contributed by atoms with Crippen molar-refractivity contribution in [2.24, 2.45) is 0 Å². The summed E-state index contributed by atoms with van der Waals surface area (Å²) in [4.78, 5) is 2.46. The van der Waals surface area contributed by atoms with Crippen LogP contribution in [0.25, 0.3) is 0 Å². The summed E-state index contributed by atoms with van der Waals surface area (Å²) in [5, 5.41) is 3.21. The molecule has 3 atom stereocenters. The number of morpholine rings is 1. The van der Waals surface area contributed by atoms with E-state index in [2.05, 4.69) is 10.2 Å². The fourth-order valence-corrected chi connectivity index (χ4v) is 3.44. The molecule has 1 aromatic rings. The van der Waals surface area contributed by atoms with Gasteiger partial charge in [0, 0.05) is 18.6 Å². The van der Waals surface area contributed by atoms with Gasteiger partial charge in [-0.3, -0.25) is 4.90 Å². The maximum absolute atomic E-state index is 13.8. The Kier molecular flexibility index (Phi) is 4.52. The third-order valence-electron chi connectivity index (χ3n) is 4.68. The highest BCUT2D eigenvalue weighted by atomic mass is 19.1. The first kappa shape index (κ1) is 14.9. The van der Waals surface area contributed by atoms with Crippen molar-refractivity contribution < 1.29 is 13.5 Å². The number of hydrogen-bond acceptors (Lipinski definition) is 3. The van der Waals surface area contributed by atoms with E-state index >= 15 is 0 Å². The van der Waals surface area contributed by atoms with Crippen LogP contribution in [-0.4, -0.2) is 49.8 Å². The Morgan fingerprint density at radius 2 is 2.29 bits per heavy atom. The van der Waals surface area contributed by atoms with Crippen molar-refractivity contribution in [1.29, 1.82) is 0 Å². The minimum atomic E-state index is -0.398. The number of ether oxygens (including phenoxy) is 1. The minimum Gasteiger partial charge on any atom is -0.374 e. The zero-order valence-electron chi connectivity index (χ0n) is 12.3. The molecule has 1 N–H and O–H groups in total. The minimum absolute atomic E-state index is 0.0112. The van der Waals surface area contributed by atoms with Crippen LogP contribution in [0.5, 0.6) is 0 Å². The van der Waals surface area contributed by atoms with Crippen LogP contribution < -0.4 is 5.32 Å². The maximum Gasteiger partial charge on any atom is 0.126 e. The van der Waals surface area contributed by atoms with Gasteiger partial charge in [0.25, 0.3) is 0 Å². The van der Waals surface area contributed by atoms with E-state index in [1.54, 1.807) is 0 Å². The van der Waals surface area contributed by atoms with Gasteiger partial charge in [0.2, 0.25) is 0 Å². The molecule has 0 bridgehead atoms. The van der Waals surface area contributed by atoms with Crippen LogP contribution in [-0.2, 0) is 11.2 Å². The van der Waals surface area contributed by atoms with Gasteiger partial charge in [-0.05, 0) is 56.6 Å². The molecule has 3 unspecified atom stereocenters. The SMILES string of the molecule is CNC(Cc1cc(F)ccc1F)C1CN2CCCC2CO1. The fourth-order valence-electron chi connectivity index (χ4n) is 3.44. The van der Waals surface area contributed by atoms with Crippen LogP contribution in [0.3, 0.4) is 0 Å². The molecule has 0 radical (unpaired) electrons. The summed E-state index contributed by atoms with van der Waals surface area (Å²) >= 11 is 0. The standard InChI is InChI=1S/C16H22F2N2O/c1-19-15(8-11-7-12(17)4-5-14(11)18)16-9-20-6-2-3-13(20)10-21-16/h4-5,7,13,15-16,19H,2-3,6,8-10H2,1H3. The number of hydrogen-bond donors (Lipinski definition) is 1. The summed E-state index contributed by atoms with van der Waals surface area (Å²) in [5.74, 6) is -0.753. The third kappa shape index (κ3) is 3.25. The van der Waals surface area contributed by atoms with E-state index in [0.717, 1.165) is 25.8 Å². The van der Waals surface area contributed by atoms with Gasteiger partial charge in [-0.15, -0.1) is 0 Å². The Hall–Kier alpha value is -1.04. The molecule has 3 nitrogen and oxygen atoms in total. The number of nitrogens with one attached hydrogen (secondary N) is 1. The molecule has 2 aliphatic heterocycles. The lowest BCUT2D eigenvalue weighted by Crippen LogP contribution is -2.54. The van der Waals surface area contributed by atoms with Crippen LogP contribution in [0.2, 0.25) is 0 Å². The van der Waals surface area contributed by atoms with Crippen molar-refractivity contribution in [3.63, 3.8) is 0 Å². The van der Waals surface area contributed by atoms with Gasteiger partial charge in [-0.2, -0.15) is 0 Å². The molecule has 21 heavy (non-hydrogen) atoms. The number of halogens is 2. The second-order valence-electron chi connectivity index (χ2n) is 6.00. The normalized spacial score (nSPS) is 27.6. The van der Waals surface area contributed by atoms with Gasteiger partial charge in [0.1, 0.15) is 11.6 Å². The molecule has 0 aliphatic carbocycles. The monoisotopic (exact) mass is 296 g/mol. The summed E-state index contributed by atoms with van der Waals surface area (Å²) < 4.78 is 33.1. The van der Waals surface area contributed by atoms with Crippen LogP contribution in [0.1, 0.15) is 18.4 Å². The largest absolute Gasteiger partial charge is 0.374 e. The molecule has 2 heterocycles. The first-order valence-corrected chi connectivity index (χ1v) is 7.64. The Labute approximate surface area is 124 Å². The second-order valence-corrected chi connectivity index (χ2v) is 6.00. The number of fused-ring (bicyclic) bond motifs is 1. The molecule has 2 aliphatic rings. The molecule has 0 saturated carbocycles. The van der Waals surface area contributed by atoms with Gasteiger partial charge >= 0.3 is 0 Å². The summed E-state index contributed by atoms with van der Waals surface area (Å²) in [6.45, 7) is 2.73. The smallest absolute Gasteiger partial charge is 0.126 e.